The number of ether oxygens (including phenoxy) is 1. The fourth-order valence-electron chi connectivity index (χ4n) is 5.56. The van der Waals surface area contributed by atoms with Crippen molar-refractivity contribution in [2.75, 3.05) is 19.6 Å². The van der Waals surface area contributed by atoms with Crippen LogP contribution in [-0.2, 0) is 11.2 Å². The smallest absolute Gasteiger partial charge is 0.407 e. The topological polar surface area (TPSA) is 41.6 Å². The summed E-state index contributed by atoms with van der Waals surface area (Å²) in [4.78, 5) is 15.2. The number of hydrogen-bond donors (Lipinski definition) is 1. The second-order valence-electron chi connectivity index (χ2n) is 9.90. The maximum absolute atomic E-state index is 12.8. The molecule has 6 rings (SSSR count). The molecule has 0 aromatic heterocycles. The van der Waals surface area contributed by atoms with E-state index in [1.54, 1.807) is 6.07 Å². The molecule has 2 aromatic rings. The lowest BCUT2D eigenvalue weighted by molar-refractivity contribution is -0.0348. The lowest BCUT2D eigenvalue weighted by Gasteiger charge is -2.44. The molecule has 0 spiro atoms. The van der Waals surface area contributed by atoms with Crippen LogP contribution in [0.25, 0.3) is 11.1 Å². The lowest BCUT2D eigenvalue weighted by atomic mass is 9.85. The number of fused-ring (bicyclic) bond motifs is 4. The van der Waals surface area contributed by atoms with Crippen molar-refractivity contribution in [2.24, 2.45) is 11.3 Å². The Balaban J connectivity index is 1.34. The number of carbonyl (C=O) groups is 1. The zero-order valence-corrected chi connectivity index (χ0v) is 19.5. The van der Waals surface area contributed by atoms with Gasteiger partial charge in [-0.2, -0.15) is 0 Å². The summed E-state index contributed by atoms with van der Waals surface area (Å²) in [5.74, 6) is 0.506. The number of piperidine rings is 3. The highest BCUT2D eigenvalue weighted by molar-refractivity contribution is 6.35. The molecule has 4 nitrogen and oxygen atoms in total. The van der Waals surface area contributed by atoms with Gasteiger partial charge in [0.25, 0.3) is 0 Å². The fourth-order valence-corrected chi connectivity index (χ4v) is 6.09. The van der Waals surface area contributed by atoms with Gasteiger partial charge in [-0.1, -0.05) is 55.2 Å². The van der Waals surface area contributed by atoms with Crippen LogP contribution >= 0.6 is 23.2 Å². The third kappa shape index (κ3) is 4.18. The number of benzene rings is 2. The molecule has 3 fully saturated rings. The molecule has 0 saturated carbocycles. The normalized spacial score (nSPS) is 28.3. The number of amides is 1. The number of rotatable bonds is 3. The predicted octanol–water partition coefficient (Wildman–Crippen LogP) is 6.10. The molecule has 2 aromatic carbocycles. The number of nitrogens with one attached hydrogen (secondary N) is 1. The summed E-state index contributed by atoms with van der Waals surface area (Å²) in [5, 5.41) is 4.43. The van der Waals surface area contributed by atoms with Crippen molar-refractivity contribution in [2.45, 2.75) is 45.3 Å². The van der Waals surface area contributed by atoms with Crippen molar-refractivity contribution in [1.29, 1.82) is 0 Å². The number of nitrogens with zero attached hydrogens (tertiary/aromatic N) is 1. The summed E-state index contributed by atoms with van der Waals surface area (Å²) >= 11 is 12.4. The summed E-state index contributed by atoms with van der Waals surface area (Å²) in [5.41, 5.74) is 4.38. The largest absolute Gasteiger partial charge is 0.445 e. The van der Waals surface area contributed by atoms with E-state index < -0.39 is 0 Å². The first-order valence-electron chi connectivity index (χ1n) is 11.1. The van der Waals surface area contributed by atoms with Crippen LogP contribution in [0.1, 0.15) is 43.9 Å². The van der Waals surface area contributed by atoms with E-state index in [2.05, 4.69) is 42.3 Å². The first-order valence-corrected chi connectivity index (χ1v) is 11.8. The van der Waals surface area contributed by atoms with Crippen LogP contribution in [0.15, 0.2) is 36.4 Å². The molecule has 1 N–H and O–H groups in total. The molecule has 3 heterocycles. The maximum Gasteiger partial charge on any atom is 0.407 e. The fraction of sp³-hybridized carbons (Fsp3) is 0.480. The van der Waals surface area contributed by atoms with Crippen molar-refractivity contribution in [1.82, 2.24) is 10.2 Å². The van der Waals surface area contributed by atoms with Crippen molar-refractivity contribution in [3.8, 4) is 11.1 Å². The monoisotopic (exact) mass is 458 g/mol. The molecule has 2 bridgehead atoms. The summed E-state index contributed by atoms with van der Waals surface area (Å²) in [6.45, 7) is 7.53. The van der Waals surface area contributed by atoms with Crippen LogP contribution in [0, 0.1) is 11.3 Å². The van der Waals surface area contributed by atoms with Gasteiger partial charge in [-0.25, -0.2) is 4.79 Å². The average molecular weight is 459 g/mol. The van der Waals surface area contributed by atoms with Crippen molar-refractivity contribution in [3.63, 3.8) is 0 Å². The molecule has 2 atom stereocenters. The van der Waals surface area contributed by atoms with E-state index in [4.69, 9.17) is 27.9 Å². The van der Waals surface area contributed by atoms with Gasteiger partial charge in [-0.05, 0) is 84.1 Å². The van der Waals surface area contributed by atoms with Crippen LogP contribution in [-0.4, -0.2) is 36.7 Å². The third-order valence-corrected chi connectivity index (χ3v) is 7.63. The summed E-state index contributed by atoms with van der Waals surface area (Å²) < 4.78 is 5.89. The van der Waals surface area contributed by atoms with Gasteiger partial charge in [0.15, 0.2) is 0 Å². The first-order chi connectivity index (χ1) is 14.8. The minimum Gasteiger partial charge on any atom is -0.445 e. The van der Waals surface area contributed by atoms with E-state index >= 15 is 0 Å². The van der Waals surface area contributed by atoms with Crippen LogP contribution in [0.2, 0.25) is 10.0 Å². The zero-order valence-electron chi connectivity index (χ0n) is 18.0. The van der Waals surface area contributed by atoms with Gasteiger partial charge in [0, 0.05) is 16.6 Å². The van der Waals surface area contributed by atoms with E-state index in [9.17, 15) is 4.79 Å². The molecule has 4 aliphatic rings. The Hall–Kier alpha value is -1.75. The lowest BCUT2D eigenvalue weighted by Crippen LogP contribution is -2.53. The Labute approximate surface area is 193 Å². The molecule has 1 unspecified atom stereocenters. The highest BCUT2D eigenvalue weighted by atomic mass is 35.5. The number of halogens is 2. The third-order valence-electron chi connectivity index (χ3n) is 7.19. The van der Waals surface area contributed by atoms with Gasteiger partial charge < -0.3 is 10.1 Å². The number of alkyl carbamates (subject to hydrolysis) is 1. The second-order valence-corrected chi connectivity index (χ2v) is 10.8. The molecule has 1 amide bonds. The molecule has 3 aliphatic heterocycles. The summed E-state index contributed by atoms with van der Waals surface area (Å²) in [7, 11) is 0. The highest BCUT2D eigenvalue weighted by Gasteiger charge is 2.42. The molecule has 31 heavy (non-hydrogen) atoms. The number of hydrogen-bond acceptors (Lipinski definition) is 3. The molecule has 3 saturated heterocycles. The van der Waals surface area contributed by atoms with E-state index in [1.165, 1.54) is 5.56 Å². The quantitative estimate of drug-likeness (QED) is 0.603. The van der Waals surface area contributed by atoms with E-state index in [1.807, 2.05) is 12.1 Å². The second kappa shape index (κ2) is 7.99. The SMILES string of the molecule is CC1(C)Cc2cc(-c3cc(Cl)cc(Cl)c3)ccc2C1NC(=O)O[C@H]1CN2CCC1CC2. The van der Waals surface area contributed by atoms with E-state index in [-0.39, 0.29) is 23.7 Å². The maximum atomic E-state index is 12.8. The van der Waals surface area contributed by atoms with Gasteiger partial charge in [0.05, 0.1) is 6.04 Å². The van der Waals surface area contributed by atoms with Crippen LogP contribution in [0.5, 0.6) is 0 Å². The summed E-state index contributed by atoms with van der Waals surface area (Å²) in [6, 6.07) is 11.9. The minimum atomic E-state index is -0.296. The van der Waals surface area contributed by atoms with Crippen LogP contribution < -0.4 is 5.32 Å². The van der Waals surface area contributed by atoms with Gasteiger partial charge in [0.2, 0.25) is 0 Å². The standard InChI is InChI=1S/C25H28Cl2N2O2/c1-25(2)13-18-9-16(17-10-19(26)12-20(27)11-17)3-4-21(18)23(25)28-24(30)31-22-14-29-7-5-15(22)6-8-29/h3-4,9-12,15,22-23H,5-8,13-14H2,1-2H3,(H,28,30)/t22-,23?/m0/s1. The van der Waals surface area contributed by atoms with Crippen LogP contribution in [0.4, 0.5) is 4.79 Å². The van der Waals surface area contributed by atoms with Gasteiger partial charge in [-0.3, -0.25) is 4.90 Å². The van der Waals surface area contributed by atoms with Crippen LogP contribution in [0.3, 0.4) is 0 Å². The molecular formula is C25H28Cl2N2O2. The Morgan fingerprint density at radius 3 is 2.42 bits per heavy atom. The predicted molar refractivity (Wildman–Crippen MR) is 125 cm³/mol. The van der Waals surface area contributed by atoms with Crippen molar-refractivity contribution in [3.05, 3.63) is 57.6 Å². The van der Waals surface area contributed by atoms with Crippen molar-refractivity contribution < 1.29 is 9.53 Å². The first kappa shape index (κ1) is 21.1. The molecule has 1 aliphatic carbocycles. The van der Waals surface area contributed by atoms with Gasteiger partial charge in [-0.15, -0.1) is 0 Å². The summed E-state index contributed by atoms with van der Waals surface area (Å²) in [6.07, 6.45) is 2.87. The molecule has 164 valence electrons. The number of carbonyl (C=O) groups excluding carboxylic acids is 1. The zero-order chi connectivity index (χ0) is 21.8. The highest BCUT2D eigenvalue weighted by Crippen LogP contribution is 2.46. The van der Waals surface area contributed by atoms with Gasteiger partial charge in [0.1, 0.15) is 6.10 Å². The molecule has 0 radical (unpaired) electrons. The van der Waals surface area contributed by atoms with Crippen molar-refractivity contribution >= 4 is 29.3 Å². The Morgan fingerprint density at radius 1 is 1.06 bits per heavy atom. The average Bonchev–Trinajstić information content (AvgIpc) is 2.97. The Kier molecular flexibility index (Phi) is 5.44. The Morgan fingerprint density at radius 2 is 1.77 bits per heavy atom. The van der Waals surface area contributed by atoms with Gasteiger partial charge >= 0.3 is 6.09 Å². The Bertz CT molecular complexity index is 994. The van der Waals surface area contributed by atoms with E-state index in [0.717, 1.165) is 55.6 Å². The minimum absolute atomic E-state index is 0.0152. The molecular weight excluding hydrogens is 431 g/mol. The van der Waals surface area contributed by atoms with E-state index in [0.29, 0.717) is 16.0 Å². The molecule has 6 heteroatoms.